The van der Waals surface area contributed by atoms with E-state index in [1.807, 2.05) is 31.2 Å². The van der Waals surface area contributed by atoms with Crippen LogP contribution in [-0.4, -0.2) is 43.2 Å². The Morgan fingerprint density at radius 2 is 2.00 bits per heavy atom. The van der Waals surface area contributed by atoms with E-state index < -0.39 is 10.0 Å². The van der Waals surface area contributed by atoms with Gasteiger partial charge in [-0.3, -0.25) is 9.78 Å². The average Bonchev–Trinajstić information content (AvgIpc) is 2.67. The van der Waals surface area contributed by atoms with Crippen LogP contribution in [-0.2, 0) is 21.2 Å². The molecule has 6 nitrogen and oxygen atoms in total. The molecule has 0 atom stereocenters. The summed E-state index contributed by atoms with van der Waals surface area (Å²) in [7, 11) is -3.48. The third-order valence-corrected chi connectivity index (χ3v) is 6.76. The van der Waals surface area contributed by atoms with Crippen LogP contribution >= 0.6 is 0 Å². The standard InChI is InChI=1S/C20H25N3O3S/c1-16-4-2-5-18(12-16)13-20(24)22-14-17-7-10-23(11-8-17)27(25,26)19-6-3-9-21-15-19/h2-6,9,12,15,17H,7-8,10-11,13-14H2,1H3,(H,22,24). The molecule has 0 bridgehead atoms. The van der Waals surface area contributed by atoms with E-state index in [4.69, 9.17) is 0 Å². The highest BCUT2D eigenvalue weighted by Crippen LogP contribution is 2.23. The Morgan fingerprint density at radius 1 is 1.22 bits per heavy atom. The van der Waals surface area contributed by atoms with E-state index >= 15 is 0 Å². The van der Waals surface area contributed by atoms with Gasteiger partial charge in [0.15, 0.2) is 0 Å². The summed E-state index contributed by atoms with van der Waals surface area (Å²) in [6.45, 7) is 3.53. The van der Waals surface area contributed by atoms with Crippen LogP contribution in [0.15, 0.2) is 53.7 Å². The summed E-state index contributed by atoms with van der Waals surface area (Å²) >= 11 is 0. The molecule has 1 N–H and O–H groups in total. The van der Waals surface area contributed by atoms with Crippen LogP contribution < -0.4 is 5.32 Å². The first-order valence-electron chi connectivity index (χ1n) is 9.17. The average molecular weight is 388 g/mol. The quantitative estimate of drug-likeness (QED) is 0.824. The molecule has 2 heterocycles. The number of amides is 1. The maximum atomic E-state index is 12.6. The van der Waals surface area contributed by atoms with Crippen molar-refractivity contribution in [2.24, 2.45) is 5.92 Å². The van der Waals surface area contributed by atoms with E-state index in [0.29, 0.717) is 32.0 Å². The first kappa shape index (κ1) is 19.5. The number of pyridine rings is 1. The molecule has 2 aromatic rings. The second kappa shape index (κ2) is 8.63. The van der Waals surface area contributed by atoms with Crippen molar-refractivity contribution in [2.75, 3.05) is 19.6 Å². The Morgan fingerprint density at radius 3 is 2.67 bits per heavy atom. The van der Waals surface area contributed by atoms with Gasteiger partial charge in [0.1, 0.15) is 4.90 Å². The van der Waals surface area contributed by atoms with E-state index in [1.165, 1.54) is 10.5 Å². The monoisotopic (exact) mass is 387 g/mol. The Bertz CT molecular complexity index is 876. The molecule has 1 saturated heterocycles. The van der Waals surface area contributed by atoms with Gasteiger partial charge in [-0.1, -0.05) is 29.8 Å². The van der Waals surface area contributed by atoms with Crippen molar-refractivity contribution in [1.82, 2.24) is 14.6 Å². The summed E-state index contributed by atoms with van der Waals surface area (Å²) in [4.78, 5) is 16.3. The van der Waals surface area contributed by atoms with Crippen molar-refractivity contribution < 1.29 is 13.2 Å². The zero-order valence-electron chi connectivity index (χ0n) is 15.5. The van der Waals surface area contributed by atoms with Crippen molar-refractivity contribution in [3.8, 4) is 0 Å². The van der Waals surface area contributed by atoms with Crippen LogP contribution in [0.2, 0.25) is 0 Å². The molecular formula is C20H25N3O3S. The summed E-state index contributed by atoms with van der Waals surface area (Å²) in [5.41, 5.74) is 2.15. The van der Waals surface area contributed by atoms with Crippen LogP contribution in [0, 0.1) is 12.8 Å². The molecule has 1 aromatic heterocycles. The van der Waals surface area contributed by atoms with Gasteiger partial charge in [-0.05, 0) is 43.4 Å². The van der Waals surface area contributed by atoms with Crippen LogP contribution in [0.3, 0.4) is 0 Å². The highest BCUT2D eigenvalue weighted by atomic mass is 32.2. The maximum absolute atomic E-state index is 12.6. The summed E-state index contributed by atoms with van der Waals surface area (Å²) in [6, 6.07) is 11.1. The first-order valence-corrected chi connectivity index (χ1v) is 10.6. The Kier molecular flexibility index (Phi) is 6.23. The second-order valence-electron chi connectivity index (χ2n) is 7.01. The molecule has 1 aliphatic rings. The zero-order chi connectivity index (χ0) is 19.3. The number of rotatable bonds is 6. The van der Waals surface area contributed by atoms with E-state index in [0.717, 1.165) is 24.0 Å². The number of aryl methyl sites for hydroxylation is 1. The Balaban J connectivity index is 1.46. The van der Waals surface area contributed by atoms with Crippen LogP contribution in [0.25, 0.3) is 0 Å². The van der Waals surface area contributed by atoms with Gasteiger partial charge in [0, 0.05) is 32.0 Å². The number of benzene rings is 1. The normalized spacial score (nSPS) is 16.2. The lowest BCUT2D eigenvalue weighted by molar-refractivity contribution is -0.120. The topological polar surface area (TPSA) is 79.4 Å². The second-order valence-corrected chi connectivity index (χ2v) is 8.94. The molecule has 0 radical (unpaired) electrons. The molecule has 1 aromatic carbocycles. The molecule has 0 unspecified atom stereocenters. The smallest absolute Gasteiger partial charge is 0.244 e. The lowest BCUT2D eigenvalue weighted by atomic mass is 9.98. The number of aromatic nitrogens is 1. The van der Waals surface area contributed by atoms with E-state index in [2.05, 4.69) is 10.3 Å². The number of hydrogen-bond donors (Lipinski definition) is 1. The highest BCUT2D eigenvalue weighted by molar-refractivity contribution is 7.89. The number of carbonyl (C=O) groups excluding carboxylic acids is 1. The van der Waals surface area contributed by atoms with Crippen molar-refractivity contribution in [3.05, 3.63) is 59.9 Å². The predicted molar refractivity (Wildman–Crippen MR) is 104 cm³/mol. The van der Waals surface area contributed by atoms with Gasteiger partial charge in [0.2, 0.25) is 15.9 Å². The molecule has 1 amide bonds. The molecule has 0 spiro atoms. The maximum Gasteiger partial charge on any atom is 0.244 e. The number of nitrogens with one attached hydrogen (secondary N) is 1. The van der Waals surface area contributed by atoms with Gasteiger partial charge in [-0.25, -0.2) is 8.42 Å². The molecule has 7 heteroatoms. The van der Waals surface area contributed by atoms with Crippen molar-refractivity contribution >= 4 is 15.9 Å². The third kappa shape index (κ3) is 5.14. The molecular weight excluding hydrogens is 362 g/mol. The minimum Gasteiger partial charge on any atom is -0.356 e. The molecule has 1 aliphatic heterocycles. The SMILES string of the molecule is Cc1cccc(CC(=O)NCC2CCN(S(=O)(=O)c3cccnc3)CC2)c1. The minimum absolute atomic E-state index is 0.00557. The first-order chi connectivity index (χ1) is 12.9. The molecule has 27 heavy (non-hydrogen) atoms. The molecule has 1 fully saturated rings. The molecule has 0 saturated carbocycles. The highest BCUT2D eigenvalue weighted by Gasteiger charge is 2.29. The van der Waals surface area contributed by atoms with Gasteiger partial charge in [-0.15, -0.1) is 0 Å². The number of hydrogen-bond acceptors (Lipinski definition) is 4. The fourth-order valence-corrected chi connectivity index (χ4v) is 4.76. The van der Waals surface area contributed by atoms with Crippen LogP contribution in [0.1, 0.15) is 24.0 Å². The largest absolute Gasteiger partial charge is 0.356 e. The van der Waals surface area contributed by atoms with Gasteiger partial charge < -0.3 is 5.32 Å². The van der Waals surface area contributed by atoms with Crippen molar-refractivity contribution in [2.45, 2.75) is 31.1 Å². The number of carbonyl (C=O) groups is 1. The van der Waals surface area contributed by atoms with Crippen LogP contribution in [0.4, 0.5) is 0 Å². The van der Waals surface area contributed by atoms with E-state index in [-0.39, 0.29) is 10.8 Å². The molecule has 0 aliphatic carbocycles. The van der Waals surface area contributed by atoms with E-state index in [9.17, 15) is 13.2 Å². The molecule has 3 rings (SSSR count). The summed E-state index contributed by atoms with van der Waals surface area (Å²) in [5.74, 6) is 0.304. The Hall–Kier alpha value is -2.25. The predicted octanol–water partition coefficient (Wildman–Crippen LogP) is 2.15. The summed E-state index contributed by atoms with van der Waals surface area (Å²) in [5, 5.41) is 2.99. The Labute approximate surface area is 160 Å². The lowest BCUT2D eigenvalue weighted by Gasteiger charge is -2.31. The number of sulfonamides is 1. The summed E-state index contributed by atoms with van der Waals surface area (Å²) in [6.07, 6.45) is 4.79. The number of nitrogens with zero attached hydrogens (tertiary/aromatic N) is 2. The minimum atomic E-state index is -3.48. The van der Waals surface area contributed by atoms with Crippen LogP contribution in [0.5, 0.6) is 0 Å². The van der Waals surface area contributed by atoms with Gasteiger partial charge in [0.25, 0.3) is 0 Å². The summed E-state index contributed by atoms with van der Waals surface area (Å²) < 4.78 is 26.7. The van der Waals surface area contributed by atoms with Gasteiger partial charge in [-0.2, -0.15) is 4.31 Å². The van der Waals surface area contributed by atoms with Crippen molar-refractivity contribution in [3.63, 3.8) is 0 Å². The fourth-order valence-electron chi connectivity index (χ4n) is 3.33. The lowest BCUT2D eigenvalue weighted by Crippen LogP contribution is -2.41. The molecule has 144 valence electrons. The van der Waals surface area contributed by atoms with Crippen molar-refractivity contribution in [1.29, 1.82) is 0 Å². The third-order valence-electron chi connectivity index (χ3n) is 4.88. The fraction of sp³-hybridized carbons (Fsp3) is 0.400. The van der Waals surface area contributed by atoms with Gasteiger partial charge in [0.05, 0.1) is 6.42 Å². The number of piperidine rings is 1. The van der Waals surface area contributed by atoms with E-state index in [1.54, 1.807) is 18.3 Å². The van der Waals surface area contributed by atoms with Gasteiger partial charge >= 0.3 is 0 Å². The zero-order valence-corrected chi connectivity index (χ0v) is 16.3.